The van der Waals surface area contributed by atoms with E-state index in [0.717, 1.165) is 24.0 Å². The number of hydrogen-bond donors (Lipinski definition) is 1. The fraction of sp³-hybridized carbons (Fsp3) is 0.900. The summed E-state index contributed by atoms with van der Waals surface area (Å²) in [6.45, 7) is 8.76. The normalized spacial score (nSPS) is 12.0. The Hall–Kier alpha value is -0.660. The molecule has 0 radical (unpaired) electrons. The lowest BCUT2D eigenvalue weighted by Gasteiger charge is -2.20. The minimum absolute atomic E-state index is 0.122. The summed E-state index contributed by atoms with van der Waals surface area (Å²) in [6, 6.07) is 0. The van der Waals surface area contributed by atoms with Gasteiger partial charge in [-0.25, -0.2) is 4.68 Å². The van der Waals surface area contributed by atoms with Crippen LogP contribution in [0.1, 0.15) is 20.8 Å². The lowest BCUT2D eigenvalue weighted by atomic mass is 10.1. The van der Waals surface area contributed by atoms with Gasteiger partial charge >= 0.3 is 0 Å². The summed E-state index contributed by atoms with van der Waals surface area (Å²) in [5, 5.41) is 15.9. The Morgan fingerprint density at radius 1 is 1.41 bits per heavy atom. The lowest BCUT2D eigenvalue weighted by molar-refractivity contribution is 0.218. The maximum absolute atomic E-state index is 4.99. The van der Waals surface area contributed by atoms with Crippen molar-refractivity contribution in [2.75, 3.05) is 26.0 Å². The van der Waals surface area contributed by atoms with Crippen molar-refractivity contribution in [3.8, 4) is 0 Å². The van der Waals surface area contributed by atoms with Gasteiger partial charge in [0.1, 0.15) is 0 Å². The van der Waals surface area contributed by atoms with Gasteiger partial charge in [-0.1, -0.05) is 11.8 Å². The van der Waals surface area contributed by atoms with E-state index in [1.807, 2.05) is 4.68 Å². The highest BCUT2D eigenvalue weighted by molar-refractivity contribution is 7.99. The third-order valence-electron chi connectivity index (χ3n) is 2.00. The second kappa shape index (κ2) is 6.93. The van der Waals surface area contributed by atoms with Crippen LogP contribution in [0.2, 0.25) is 0 Å². The minimum Gasteiger partial charge on any atom is -0.384 e. The van der Waals surface area contributed by atoms with Crippen LogP contribution < -0.4 is 5.32 Å². The monoisotopic (exact) mass is 259 g/mol. The highest BCUT2D eigenvalue weighted by Gasteiger charge is 2.10. The van der Waals surface area contributed by atoms with Crippen molar-refractivity contribution in [1.82, 2.24) is 25.5 Å². The van der Waals surface area contributed by atoms with E-state index in [1.165, 1.54) is 0 Å². The van der Waals surface area contributed by atoms with E-state index < -0.39 is 0 Å². The van der Waals surface area contributed by atoms with Crippen molar-refractivity contribution in [2.45, 2.75) is 38.0 Å². The molecule has 0 saturated carbocycles. The smallest absolute Gasteiger partial charge is 0.209 e. The van der Waals surface area contributed by atoms with Gasteiger partial charge < -0.3 is 10.1 Å². The highest BCUT2D eigenvalue weighted by Crippen LogP contribution is 2.12. The van der Waals surface area contributed by atoms with Crippen molar-refractivity contribution >= 4 is 11.8 Å². The average Bonchev–Trinajstić information content (AvgIpc) is 2.64. The average molecular weight is 259 g/mol. The van der Waals surface area contributed by atoms with Crippen molar-refractivity contribution in [2.24, 2.45) is 0 Å². The number of tetrazole rings is 1. The van der Waals surface area contributed by atoms with Crippen molar-refractivity contribution < 1.29 is 4.74 Å². The van der Waals surface area contributed by atoms with E-state index in [-0.39, 0.29) is 5.54 Å². The van der Waals surface area contributed by atoms with Crippen LogP contribution in [0.25, 0.3) is 0 Å². The molecule has 98 valence electrons. The van der Waals surface area contributed by atoms with Crippen LogP contribution in [0.3, 0.4) is 0 Å². The first-order chi connectivity index (χ1) is 8.03. The predicted octanol–water partition coefficient (Wildman–Crippen LogP) is 0.800. The number of methoxy groups -OCH3 is 1. The Labute approximate surface area is 106 Å². The van der Waals surface area contributed by atoms with Crippen molar-refractivity contribution in [1.29, 1.82) is 0 Å². The molecule has 17 heavy (non-hydrogen) atoms. The standard InChI is InChI=1S/C10H21N5OS/c1-10(2,3)11-5-6-15-9(12-13-14-15)17-8-7-16-4/h11H,5-8H2,1-4H3. The summed E-state index contributed by atoms with van der Waals surface area (Å²) in [5.41, 5.74) is 0.122. The maximum Gasteiger partial charge on any atom is 0.209 e. The molecule has 0 aliphatic heterocycles. The number of nitrogens with one attached hydrogen (secondary N) is 1. The van der Waals surface area contributed by atoms with Crippen LogP contribution in [-0.4, -0.2) is 51.8 Å². The summed E-state index contributed by atoms with van der Waals surface area (Å²) in [4.78, 5) is 0. The van der Waals surface area contributed by atoms with Crippen LogP contribution in [-0.2, 0) is 11.3 Å². The van der Waals surface area contributed by atoms with Gasteiger partial charge in [-0.15, -0.1) is 5.10 Å². The molecular formula is C10H21N5OS. The van der Waals surface area contributed by atoms with Crippen molar-refractivity contribution in [3.63, 3.8) is 0 Å². The summed E-state index contributed by atoms with van der Waals surface area (Å²) in [7, 11) is 1.69. The second-order valence-corrected chi connectivity index (χ2v) is 5.76. The zero-order valence-electron chi connectivity index (χ0n) is 10.9. The highest BCUT2D eigenvalue weighted by atomic mass is 32.2. The summed E-state index contributed by atoms with van der Waals surface area (Å²) in [6.07, 6.45) is 0. The van der Waals surface area contributed by atoms with E-state index >= 15 is 0 Å². The first-order valence-electron chi connectivity index (χ1n) is 5.66. The van der Waals surface area contributed by atoms with E-state index in [0.29, 0.717) is 6.61 Å². The van der Waals surface area contributed by atoms with Gasteiger partial charge in [0.05, 0.1) is 13.2 Å². The van der Waals surface area contributed by atoms with Gasteiger partial charge in [-0.05, 0) is 31.2 Å². The Morgan fingerprint density at radius 2 is 2.18 bits per heavy atom. The molecule has 0 saturated heterocycles. The summed E-state index contributed by atoms with van der Waals surface area (Å²) < 4.78 is 6.81. The molecule has 6 nitrogen and oxygen atoms in total. The van der Waals surface area contributed by atoms with Crippen LogP contribution >= 0.6 is 11.8 Å². The van der Waals surface area contributed by atoms with E-state index in [4.69, 9.17) is 4.74 Å². The van der Waals surface area contributed by atoms with E-state index in [1.54, 1.807) is 18.9 Å². The van der Waals surface area contributed by atoms with Crippen LogP contribution in [0.4, 0.5) is 0 Å². The number of ether oxygens (including phenoxy) is 1. The first-order valence-corrected chi connectivity index (χ1v) is 6.64. The van der Waals surface area contributed by atoms with Gasteiger partial charge in [-0.2, -0.15) is 0 Å². The zero-order valence-corrected chi connectivity index (χ0v) is 11.8. The molecule has 0 aromatic carbocycles. The molecule has 0 bridgehead atoms. The molecule has 0 aliphatic carbocycles. The maximum atomic E-state index is 4.99. The van der Waals surface area contributed by atoms with Gasteiger partial charge in [-0.3, -0.25) is 0 Å². The topological polar surface area (TPSA) is 64.9 Å². The molecule has 1 aromatic rings. The van der Waals surface area contributed by atoms with E-state index in [9.17, 15) is 0 Å². The number of thioether (sulfide) groups is 1. The van der Waals surface area contributed by atoms with Crippen LogP contribution in [0.15, 0.2) is 5.16 Å². The third-order valence-corrected chi connectivity index (χ3v) is 2.92. The van der Waals surface area contributed by atoms with Crippen LogP contribution in [0.5, 0.6) is 0 Å². The molecule has 0 unspecified atom stereocenters. The van der Waals surface area contributed by atoms with Gasteiger partial charge in [0.15, 0.2) is 0 Å². The second-order valence-electron chi connectivity index (χ2n) is 4.70. The van der Waals surface area contributed by atoms with Gasteiger partial charge in [0, 0.05) is 24.9 Å². The fourth-order valence-corrected chi connectivity index (χ4v) is 2.00. The first kappa shape index (κ1) is 14.4. The molecule has 0 atom stereocenters. The largest absolute Gasteiger partial charge is 0.384 e. The fourth-order valence-electron chi connectivity index (χ4n) is 1.19. The number of rotatable bonds is 7. The Balaban J connectivity index is 2.35. The molecular weight excluding hydrogens is 238 g/mol. The predicted molar refractivity (Wildman–Crippen MR) is 68.2 cm³/mol. The van der Waals surface area contributed by atoms with Crippen molar-refractivity contribution in [3.05, 3.63) is 0 Å². The Bertz CT molecular complexity index is 323. The molecule has 1 heterocycles. The quantitative estimate of drug-likeness (QED) is 0.577. The van der Waals surface area contributed by atoms with Gasteiger partial charge in [0.2, 0.25) is 5.16 Å². The Morgan fingerprint density at radius 3 is 2.82 bits per heavy atom. The molecule has 1 aromatic heterocycles. The summed E-state index contributed by atoms with van der Waals surface area (Å²) >= 11 is 1.61. The molecule has 0 spiro atoms. The molecule has 0 aliphatic rings. The number of aromatic nitrogens is 4. The summed E-state index contributed by atoms with van der Waals surface area (Å²) in [5.74, 6) is 0.865. The van der Waals surface area contributed by atoms with E-state index in [2.05, 4.69) is 41.6 Å². The minimum atomic E-state index is 0.122. The zero-order chi connectivity index (χ0) is 12.7. The molecule has 1 N–H and O–H groups in total. The number of hydrogen-bond acceptors (Lipinski definition) is 6. The SMILES string of the molecule is COCCSc1nnnn1CCNC(C)(C)C. The lowest BCUT2D eigenvalue weighted by Crippen LogP contribution is -2.38. The molecule has 0 amide bonds. The molecule has 7 heteroatoms. The number of nitrogens with zero attached hydrogens (tertiary/aromatic N) is 4. The van der Waals surface area contributed by atoms with Gasteiger partial charge in [0.25, 0.3) is 0 Å². The Kier molecular flexibility index (Phi) is 5.87. The third kappa shape index (κ3) is 5.99. The molecule has 0 fully saturated rings. The molecule has 1 rings (SSSR count). The van der Waals surface area contributed by atoms with Crippen LogP contribution in [0, 0.1) is 0 Å².